The van der Waals surface area contributed by atoms with Crippen molar-refractivity contribution in [3.05, 3.63) is 51.7 Å². The molecule has 3 rings (SSSR count). The Kier molecular flexibility index (Phi) is 3.96. The summed E-state index contributed by atoms with van der Waals surface area (Å²) in [6.45, 7) is 2.16. The van der Waals surface area contributed by atoms with E-state index in [0.717, 1.165) is 11.3 Å². The van der Waals surface area contributed by atoms with Gasteiger partial charge in [0.15, 0.2) is 0 Å². The van der Waals surface area contributed by atoms with Gasteiger partial charge in [-0.25, -0.2) is 0 Å². The van der Waals surface area contributed by atoms with Crippen LogP contribution < -0.4 is 10.1 Å². The number of nitrogens with zero attached hydrogens (tertiary/aromatic N) is 3. The second kappa shape index (κ2) is 6.07. The van der Waals surface area contributed by atoms with Gasteiger partial charge in [-0.3, -0.25) is 4.79 Å². The van der Waals surface area contributed by atoms with Crippen LogP contribution in [0.5, 0.6) is 5.75 Å². The number of carbonyl (C=O) groups is 1. The summed E-state index contributed by atoms with van der Waals surface area (Å²) < 4.78 is 6.89. The number of benzene rings is 1. The van der Waals surface area contributed by atoms with Gasteiger partial charge in [0.25, 0.3) is 0 Å². The molecule has 0 bridgehead atoms. The second-order valence-electron chi connectivity index (χ2n) is 5.35. The van der Waals surface area contributed by atoms with Crippen molar-refractivity contribution in [2.24, 2.45) is 0 Å². The number of para-hydroxylation sites is 1. The molecule has 2 aromatic rings. The lowest BCUT2D eigenvalue weighted by Gasteiger charge is -2.26. The number of aryl methyl sites for hydroxylation is 1. The minimum atomic E-state index is -0.573. The average molecular weight is 316 g/mol. The Hall–Kier alpha value is -2.90. The molecule has 0 aliphatic carbocycles. The Morgan fingerprint density at radius 2 is 2.30 bits per heavy atom. The predicted octanol–water partition coefficient (Wildman–Crippen LogP) is 1.74. The van der Waals surface area contributed by atoms with E-state index in [1.807, 2.05) is 24.3 Å². The minimum Gasteiger partial charge on any atom is -0.493 e. The number of rotatable bonds is 4. The average Bonchev–Trinajstić information content (AvgIpc) is 2.89. The van der Waals surface area contributed by atoms with Crippen LogP contribution >= 0.6 is 0 Å². The van der Waals surface area contributed by atoms with Gasteiger partial charge in [0.1, 0.15) is 12.3 Å². The highest BCUT2D eigenvalue weighted by Crippen LogP contribution is 2.31. The number of ether oxygens (including phenoxy) is 1. The van der Waals surface area contributed by atoms with Gasteiger partial charge >= 0.3 is 5.82 Å². The van der Waals surface area contributed by atoms with Crippen LogP contribution in [0.3, 0.4) is 0 Å². The summed E-state index contributed by atoms with van der Waals surface area (Å²) in [7, 11) is 0. The number of hydrogen-bond acceptors (Lipinski definition) is 5. The Morgan fingerprint density at radius 1 is 1.52 bits per heavy atom. The lowest BCUT2D eigenvalue weighted by Crippen LogP contribution is -2.34. The Bertz CT molecular complexity index is 756. The van der Waals surface area contributed by atoms with Gasteiger partial charge in [0.05, 0.1) is 29.5 Å². The van der Waals surface area contributed by atoms with Crippen molar-refractivity contribution >= 4 is 11.7 Å². The number of nitro groups is 1. The zero-order valence-electron chi connectivity index (χ0n) is 12.6. The van der Waals surface area contributed by atoms with Crippen LogP contribution in [0.4, 0.5) is 5.82 Å². The molecule has 0 fully saturated rings. The number of nitrogens with one attached hydrogen (secondary N) is 1. The van der Waals surface area contributed by atoms with E-state index in [1.54, 1.807) is 6.92 Å². The van der Waals surface area contributed by atoms with Crippen LogP contribution in [0, 0.1) is 17.0 Å². The van der Waals surface area contributed by atoms with E-state index in [0.29, 0.717) is 18.7 Å². The fourth-order valence-electron chi connectivity index (χ4n) is 2.61. The third-order valence-corrected chi connectivity index (χ3v) is 3.74. The maximum Gasteiger partial charge on any atom is 0.390 e. The molecule has 1 atom stereocenters. The highest BCUT2D eigenvalue weighted by atomic mass is 16.6. The monoisotopic (exact) mass is 316 g/mol. The standard InChI is InChI=1S/C15H16N4O4/c1-10-8-14(19(21)22)17-18(10)9-15(20)16-12-6-7-23-13-5-3-2-4-11(12)13/h2-5,8,12H,6-7,9H2,1H3,(H,16,20). The lowest BCUT2D eigenvalue weighted by molar-refractivity contribution is -0.389. The summed E-state index contributed by atoms with van der Waals surface area (Å²) >= 11 is 0. The maximum absolute atomic E-state index is 12.2. The molecule has 1 unspecified atom stereocenters. The van der Waals surface area contributed by atoms with Crippen LogP contribution in [-0.2, 0) is 11.3 Å². The topological polar surface area (TPSA) is 99.3 Å². The third-order valence-electron chi connectivity index (χ3n) is 3.74. The van der Waals surface area contributed by atoms with Gasteiger partial charge in [-0.05, 0) is 17.9 Å². The summed E-state index contributed by atoms with van der Waals surface area (Å²) in [4.78, 5) is 22.4. The molecule has 0 saturated carbocycles. The summed E-state index contributed by atoms with van der Waals surface area (Å²) in [6, 6.07) is 8.79. The largest absolute Gasteiger partial charge is 0.493 e. The molecule has 2 heterocycles. The molecule has 8 nitrogen and oxygen atoms in total. The first-order valence-electron chi connectivity index (χ1n) is 7.24. The molecule has 8 heteroatoms. The van der Waals surface area contributed by atoms with E-state index < -0.39 is 4.92 Å². The quantitative estimate of drug-likeness (QED) is 0.684. The molecular weight excluding hydrogens is 300 g/mol. The van der Waals surface area contributed by atoms with Crippen LogP contribution in [-0.4, -0.2) is 27.2 Å². The van der Waals surface area contributed by atoms with Gasteiger partial charge < -0.3 is 20.2 Å². The number of hydrogen-bond donors (Lipinski definition) is 1. The molecule has 0 saturated heterocycles. The SMILES string of the molecule is Cc1cc([N+](=O)[O-])nn1CC(=O)NC1CCOc2ccccc21. The van der Waals surface area contributed by atoms with Gasteiger partial charge in [-0.1, -0.05) is 18.2 Å². The molecule has 1 aromatic carbocycles. The normalized spacial score (nSPS) is 16.3. The van der Waals surface area contributed by atoms with Gasteiger partial charge in [-0.15, -0.1) is 0 Å². The molecule has 120 valence electrons. The first-order chi connectivity index (χ1) is 11.0. The van der Waals surface area contributed by atoms with E-state index in [4.69, 9.17) is 4.74 Å². The molecule has 1 N–H and O–H groups in total. The fraction of sp³-hybridized carbons (Fsp3) is 0.333. The Morgan fingerprint density at radius 3 is 3.04 bits per heavy atom. The summed E-state index contributed by atoms with van der Waals surface area (Å²) in [5.41, 5.74) is 1.51. The van der Waals surface area contributed by atoms with Gasteiger partial charge in [0, 0.05) is 12.0 Å². The van der Waals surface area contributed by atoms with Crippen molar-refractivity contribution in [1.82, 2.24) is 15.1 Å². The molecule has 0 radical (unpaired) electrons. The molecule has 1 amide bonds. The smallest absolute Gasteiger partial charge is 0.390 e. The molecular formula is C15H16N4O4. The van der Waals surface area contributed by atoms with Crippen LogP contribution in [0.2, 0.25) is 0 Å². The number of aromatic nitrogens is 2. The van der Waals surface area contributed by atoms with Crippen LogP contribution in [0.1, 0.15) is 23.7 Å². The molecule has 23 heavy (non-hydrogen) atoms. The zero-order valence-corrected chi connectivity index (χ0v) is 12.6. The minimum absolute atomic E-state index is 0.0564. The van der Waals surface area contributed by atoms with E-state index in [2.05, 4.69) is 10.4 Å². The van der Waals surface area contributed by atoms with Crippen molar-refractivity contribution in [3.8, 4) is 5.75 Å². The van der Waals surface area contributed by atoms with Crippen molar-refractivity contribution in [2.75, 3.05) is 6.61 Å². The van der Waals surface area contributed by atoms with E-state index >= 15 is 0 Å². The lowest BCUT2D eigenvalue weighted by atomic mass is 10.0. The van der Waals surface area contributed by atoms with Gasteiger partial charge in [0.2, 0.25) is 5.91 Å². The maximum atomic E-state index is 12.2. The zero-order chi connectivity index (χ0) is 16.4. The van der Waals surface area contributed by atoms with Crippen molar-refractivity contribution in [3.63, 3.8) is 0 Å². The highest BCUT2D eigenvalue weighted by molar-refractivity contribution is 5.76. The first kappa shape index (κ1) is 15.0. The van der Waals surface area contributed by atoms with E-state index in [9.17, 15) is 14.9 Å². The number of fused-ring (bicyclic) bond motifs is 1. The summed E-state index contributed by atoms with van der Waals surface area (Å²) in [5, 5.41) is 17.5. The van der Waals surface area contributed by atoms with Crippen molar-refractivity contribution in [1.29, 1.82) is 0 Å². The number of carbonyl (C=O) groups excluding carboxylic acids is 1. The van der Waals surface area contributed by atoms with Crippen LogP contribution in [0.25, 0.3) is 0 Å². The molecule has 1 aliphatic heterocycles. The highest BCUT2D eigenvalue weighted by Gasteiger charge is 2.24. The third kappa shape index (κ3) is 3.15. The summed E-state index contributed by atoms with van der Waals surface area (Å²) in [6.07, 6.45) is 0.682. The van der Waals surface area contributed by atoms with E-state index in [-0.39, 0.29) is 24.3 Å². The Labute approximate surface area is 132 Å². The van der Waals surface area contributed by atoms with Crippen molar-refractivity contribution < 1.29 is 14.5 Å². The fourth-order valence-corrected chi connectivity index (χ4v) is 2.61. The second-order valence-corrected chi connectivity index (χ2v) is 5.35. The number of amides is 1. The Balaban J connectivity index is 1.70. The molecule has 1 aromatic heterocycles. The first-order valence-corrected chi connectivity index (χ1v) is 7.24. The van der Waals surface area contributed by atoms with Crippen LogP contribution in [0.15, 0.2) is 30.3 Å². The molecule has 0 spiro atoms. The molecule has 1 aliphatic rings. The predicted molar refractivity (Wildman–Crippen MR) is 81.1 cm³/mol. The van der Waals surface area contributed by atoms with Gasteiger partial charge in [-0.2, -0.15) is 4.68 Å². The van der Waals surface area contributed by atoms with E-state index in [1.165, 1.54) is 10.7 Å². The van der Waals surface area contributed by atoms with Crippen molar-refractivity contribution in [2.45, 2.75) is 25.9 Å². The summed E-state index contributed by atoms with van der Waals surface area (Å²) in [5.74, 6) is 0.273.